The van der Waals surface area contributed by atoms with Gasteiger partial charge >= 0.3 is 0 Å². The van der Waals surface area contributed by atoms with Crippen LogP contribution in [0, 0.1) is 12.8 Å². The lowest BCUT2D eigenvalue weighted by Gasteiger charge is -2.20. The number of hydrogen-bond acceptors (Lipinski definition) is 5. The molecule has 0 spiro atoms. The normalized spacial score (nSPS) is 24.3. The Hall–Kier alpha value is -1.43. The molecule has 1 aromatic heterocycles. The highest BCUT2D eigenvalue weighted by atomic mass is 16.5. The minimum atomic E-state index is 0.158. The Balaban J connectivity index is 1.53. The van der Waals surface area contributed by atoms with Crippen LogP contribution in [-0.4, -0.2) is 52.0 Å². The molecule has 0 N–H and O–H groups in total. The minimum absolute atomic E-state index is 0.158. The van der Waals surface area contributed by atoms with Crippen LogP contribution in [-0.2, 0) is 11.3 Å². The van der Waals surface area contributed by atoms with Gasteiger partial charge in [-0.2, -0.15) is 4.98 Å². The van der Waals surface area contributed by atoms with Crippen LogP contribution in [0.3, 0.4) is 0 Å². The van der Waals surface area contributed by atoms with Crippen molar-refractivity contribution in [3.63, 3.8) is 0 Å². The summed E-state index contributed by atoms with van der Waals surface area (Å²) in [5.74, 6) is 1.81. The maximum absolute atomic E-state index is 12.3. The number of carbonyl (C=O) groups excluding carboxylic acids is 1. The van der Waals surface area contributed by atoms with Crippen molar-refractivity contribution in [3.8, 4) is 0 Å². The second kappa shape index (κ2) is 5.28. The number of rotatable bonds is 3. The first kappa shape index (κ1) is 12.6. The summed E-state index contributed by atoms with van der Waals surface area (Å²) in [5, 5.41) is 3.90. The average Bonchev–Trinajstić information content (AvgIpc) is 3.10. The van der Waals surface area contributed by atoms with Crippen LogP contribution in [0.15, 0.2) is 4.52 Å². The first-order chi connectivity index (χ1) is 9.22. The lowest BCUT2D eigenvalue weighted by molar-refractivity contribution is -0.134. The van der Waals surface area contributed by atoms with E-state index < -0.39 is 0 Å². The van der Waals surface area contributed by atoms with Gasteiger partial charge in [-0.05, 0) is 25.8 Å². The second-order valence-electron chi connectivity index (χ2n) is 5.48. The summed E-state index contributed by atoms with van der Waals surface area (Å²) in [5.41, 5.74) is 0. The maximum Gasteiger partial charge on any atom is 0.227 e. The highest BCUT2D eigenvalue weighted by Gasteiger charge is 2.32. The van der Waals surface area contributed by atoms with Crippen LogP contribution in [0.25, 0.3) is 0 Å². The molecule has 0 aromatic carbocycles. The fraction of sp³-hybridized carbons (Fsp3) is 0.769. The predicted octanol–water partition coefficient (Wildman–Crippen LogP) is 0.822. The van der Waals surface area contributed by atoms with Gasteiger partial charge in [0.1, 0.15) is 0 Å². The Bertz CT molecular complexity index is 453. The Morgan fingerprint density at radius 3 is 2.84 bits per heavy atom. The second-order valence-corrected chi connectivity index (χ2v) is 5.48. The molecule has 2 aliphatic rings. The third-order valence-corrected chi connectivity index (χ3v) is 3.97. The van der Waals surface area contributed by atoms with Crippen molar-refractivity contribution < 1.29 is 9.32 Å². The number of hydrogen-bond donors (Lipinski definition) is 0. The van der Waals surface area contributed by atoms with Crippen LogP contribution in [0.5, 0.6) is 0 Å². The van der Waals surface area contributed by atoms with E-state index in [9.17, 15) is 4.79 Å². The first-order valence-electron chi connectivity index (χ1n) is 7.03. The van der Waals surface area contributed by atoms with Crippen LogP contribution in [0.4, 0.5) is 0 Å². The van der Waals surface area contributed by atoms with Gasteiger partial charge in [0.25, 0.3) is 0 Å². The number of likely N-dealkylation sites (tertiary alicyclic amines) is 2. The van der Waals surface area contributed by atoms with Crippen LogP contribution in [0.1, 0.15) is 31.0 Å². The van der Waals surface area contributed by atoms with E-state index in [4.69, 9.17) is 4.52 Å². The van der Waals surface area contributed by atoms with Crippen LogP contribution < -0.4 is 0 Å². The molecule has 3 heterocycles. The molecule has 2 fully saturated rings. The van der Waals surface area contributed by atoms with Gasteiger partial charge in [-0.1, -0.05) is 5.16 Å². The van der Waals surface area contributed by atoms with Gasteiger partial charge in [0.2, 0.25) is 11.8 Å². The third kappa shape index (κ3) is 2.78. The number of nitrogens with zero attached hydrogens (tertiary/aromatic N) is 4. The summed E-state index contributed by atoms with van der Waals surface area (Å²) in [6, 6.07) is 0. The van der Waals surface area contributed by atoms with E-state index in [1.807, 2.05) is 4.90 Å². The average molecular weight is 264 g/mol. The van der Waals surface area contributed by atoms with Crippen molar-refractivity contribution >= 4 is 5.91 Å². The Morgan fingerprint density at radius 1 is 1.37 bits per heavy atom. The molecule has 1 unspecified atom stereocenters. The molecule has 6 nitrogen and oxygen atoms in total. The largest absolute Gasteiger partial charge is 0.342 e. The van der Waals surface area contributed by atoms with Crippen LogP contribution >= 0.6 is 0 Å². The maximum atomic E-state index is 12.3. The van der Waals surface area contributed by atoms with Gasteiger partial charge in [0.05, 0.1) is 12.5 Å². The Kier molecular flexibility index (Phi) is 3.50. The number of aromatic nitrogens is 2. The molecular weight excluding hydrogens is 244 g/mol. The van der Waals surface area contributed by atoms with E-state index in [1.165, 1.54) is 0 Å². The Morgan fingerprint density at radius 2 is 2.16 bits per heavy atom. The highest BCUT2D eigenvalue weighted by molar-refractivity contribution is 5.79. The summed E-state index contributed by atoms with van der Waals surface area (Å²) >= 11 is 0. The molecule has 1 amide bonds. The van der Waals surface area contributed by atoms with Crippen LogP contribution in [0.2, 0.25) is 0 Å². The van der Waals surface area contributed by atoms with E-state index in [0.717, 1.165) is 45.4 Å². The minimum Gasteiger partial charge on any atom is -0.342 e. The Labute approximate surface area is 112 Å². The summed E-state index contributed by atoms with van der Waals surface area (Å²) in [6.07, 6.45) is 3.26. The molecule has 3 rings (SSSR count). The van der Waals surface area contributed by atoms with Gasteiger partial charge in [-0.15, -0.1) is 0 Å². The third-order valence-electron chi connectivity index (χ3n) is 3.97. The zero-order valence-electron chi connectivity index (χ0n) is 11.3. The number of aryl methyl sites for hydroxylation is 1. The summed E-state index contributed by atoms with van der Waals surface area (Å²) in [4.78, 5) is 20.8. The fourth-order valence-electron chi connectivity index (χ4n) is 2.98. The van der Waals surface area contributed by atoms with Crippen molar-refractivity contribution in [2.75, 3.05) is 26.2 Å². The van der Waals surface area contributed by atoms with E-state index in [0.29, 0.717) is 24.2 Å². The molecule has 2 aliphatic heterocycles. The molecule has 19 heavy (non-hydrogen) atoms. The quantitative estimate of drug-likeness (QED) is 0.809. The molecule has 104 valence electrons. The molecule has 0 radical (unpaired) electrons. The van der Waals surface area contributed by atoms with Gasteiger partial charge in [-0.3, -0.25) is 9.69 Å². The standard InChI is InChI=1S/C13H20N4O2/c1-10-14-12(15-19-10)9-16-7-4-11(8-16)13(18)17-5-2-3-6-17/h11H,2-9H2,1H3. The van der Waals surface area contributed by atoms with E-state index >= 15 is 0 Å². The van der Waals surface area contributed by atoms with Crippen molar-refractivity contribution in [1.29, 1.82) is 0 Å². The summed E-state index contributed by atoms with van der Waals surface area (Å²) in [7, 11) is 0. The lowest BCUT2D eigenvalue weighted by atomic mass is 10.1. The predicted molar refractivity (Wildman–Crippen MR) is 68.2 cm³/mol. The molecule has 0 aliphatic carbocycles. The van der Waals surface area contributed by atoms with Crippen molar-refractivity contribution in [2.24, 2.45) is 5.92 Å². The van der Waals surface area contributed by atoms with Crippen molar-refractivity contribution in [2.45, 2.75) is 32.7 Å². The van der Waals surface area contributed by atoms with E-state index in [1.54, 1.807) is 6.92 Å². The molecular formula is C13H20N4O2. The first-order valence-corrected chi connectivity index (χ1v) is 7.03. The lowest BCUT2D eigenvalue weighted by Crippen LogP contribution is -2.35. The molecule has 0 bridgehead atoms. The molecule has 1 aromatic rings. The summed E-state index contributed by atoms with van der Waals surface area (Å²) in [6.45, 7) is 6.13. The smallest absolute Gasteiger partial charge is 0.227 e. The van der Waals surface area contributed by atoms with Gasteiger partial charge < -0.3 is 9.42 Å². The van der Waals surface area contributed by atoms with E-state index in [-0.39, 0.29) is 5.92 Å². The molecule has 1 atom stereocenters. The zero-order valence-corrected chi connectivity index (χ0v) is 11.3. The van der Waals surface area contributed by atoms with Crippen molar-refractivity contribution in [1.82, 2.24) is 19.9 Å². The number of carbonyl (C=O) groups is 1. The van der Waals surface area contributed by atoms with Gasteiger partial charge in [0, 0.05) is 26.6 Å². The van der Waals surface area contributed by atoms with Gasteiger partial charge in [0.15, 0.2) is 5.82 Å². The zero-order chi connectivity index (χ0) is 13.2. The fourth-order valence-corrected chi connectivity index (χ4v) is 2.98. The molecule has 2 saturated heterocycles. The molecule has 0 saturated carbocycles. The highest BCUT2D eigenvalue weighted by Crippen LogP contribution is 2.22. The van der Waals surface area contributed by atoms with Crippen molar-refractivity contribution in [3.05, 3.63) is 11.7 Å². The monoisotopic (exact) mass is 264 g/mol. The topological polar surface area (TPSA) is 62.5 Å². The summed E-state index contributed by atoms with van der Waals surface area (Å²) < 4.78 is 4.97. The number of amides is 1. The van der Waals surface area contributed by atoms with Gasteiger partial charge in [-0.25, -0.2) is 0 Å². The SMILES string of the molecule is Cc1nc(CN2CCC(C(=O)N3CCCC3)C2)no1. The van der Waals surface area contributed by atoms with E-state index in [2.05, 4.69) is 15.0 Å². The molecule has 6 heteroatoms.